The van der Waals surface area contributed by atoms with Crippen LogP contribution in [-0.2, 0) is 10.0 Å². The molecular weight excluding hydrogens is 456 g/mol. The van der Waals surface area contributed by atoms with Crippen molar-refractivity contribution in [2.45, 2.75) is 17.4 Å². The zero-order valence-electron chi connectivity index (χ0n) is 19.4. The maximum absolute atomic E-state index is 13.7. The third kappa shape index (κ3) is 4.38. The molecule has 3 aromatic rings. The van der Waals surface area contributed by atoms with Crippen molar-refractivity contribution >= 4 is 15.7 Å². The summed E-state index contributed by atoms with van der Waals surface area (Å²) in [6.45, 7) is 0. The molecule has 178 valence electrons. The van der Waals surface area contributed by atoms with Gasteiger partial charge in [-0.3, -0.25) is 0 Å². The maximum Gasteiger partial charge on any atom is 0.279 e. The van der Waals surface area contributed by atoms with Crippen LogP contribution in [0.5, 0.6) is 23.0 Å². The second kappa shape index (κ2) is 9.64. The number of hydrogen-bond acceptors (Lipinski definition) is 7. The molecule has 1 atom stereocenters. The molecule has 0 bridgehead atoms. The van der Waals surface area contributed by atoms with Crippen molar-refractivity contribution in [1.29, 1.82) is 0 Å². The summed E-state index contributed by atoms with van der Waals surface area (Å²) in [5.41, 5.74) is 1.93. The van der Waals surface area contributed by atoms with E-state index in [0.717, 1.165) is 4.41 Å². The van der Waals surface area contributed by atoms with E-state index in [1.807, 2.05) is 0 Å². The van der Waals surface area contributed by atoms with Crippen LogP contribution in [0.25, 0.3) is 0 Å². The molecule has 3 aromatic carbocycles. The summed E-state index contributed by atoms with van der Waals surface area (Å²) in [5, 5.41) is 4.60. The Morgan fingerprint density at radius 1 is 0.794 bits per heavy atom. The van der Waals surface area contributed by atoms with Crippen molar-refractivity contribution in [1.82, 2.24) is 4.41 Å². The molecule has 1 aliphatic rings. The highest BCUT2D eigenvalue weighted by Crippen LogP contribution is 2.42. The highest BCUT2D eigenvalue weighted by molar-refractivity contribution is 7.89. The monoisotopic (exact) mass is 482 g/mol. The summed E-state index contributed by atoms with van der Waals surface area (Å²) in [6.07, 6.45) is 0.311. The molecule has 0 fully saturated rings. The van der Waals surface area contributed by atoms with Gasteiger partial charge in [0.1, 0.15) is 23.0 Å². The molecule has 0 aliphatic carbocycles. The number of hydrogen-bond donors (Lipinski definition) is 0. The number of nitrogens with zero attached hydrogens (tertiary/aromatic N) is 2. The average Bonchev–Trinajstić information content (AvgIpc) is 3.35. The van der Waals surface area contributed by atoms with E-state index in [4.69, 9.17) is 18.9 Å². The van der Waals surface area contributed by atoms with Gasteiger partial charge in [0.2, 0.25) is 0 Å². The fourth-order valence-electron chi connectivity index (χ4n) is 3.89. The Labute approximate surface area is 199 Å². The fraction of sp³-hybridized carbons (Fsp3) is 0.240. The van der Waals surface area contributed by atoms with Crippen molar-refractivity contribution in [3.8, 4) is 23.0 Å². The summed E-state index contributed by atoms with van der Waals surface area (Å²) in [5.74, 6) is 2.29. The number of rotatable bonds is 8. The van der Waals surface area contributed by atoms with Crippen LogP contribution in [0.3, 0.4) is 0 Å². The molecular formula is C25H26N2O6S. The Hall–Kier alpha value is -3.72. The average molecular weight is 483 g/mol. The van der Waals surface area contributed by atoms with Gasteiger partial charge in [-0.1, -0.05) is 18.2 Å². The molecule has 0 unspecified atom stereocenters. The lowest BCUT2D eigenvalue weighted by molar-refractivity contribution is 0.346. The van der Waals surface area contributed by atoms with Crippen molar-refractivity contribution in [2.75, 3.05) is 28.4 Å². The third-order valence-corrected chi connectivity index (χ3v) is 7.34. The summed E-state index contributed by atoms with van der Waals surface area (Å²) in [7, 11) is 2.26. The van der Waals surface area contributed by atoms with Gasteiger partial charge >= 0.3 is 0 Å². The number of sulfonamides is 1. The van der Waals surface area contributed by atoms with Crippen molar-refractivity contribution in [2.24, 2.45) is 5.10 Å². The van der Waals surface area contributed by atoms with Crippen LogP contribution >= 0.6 is 0 Å². The molecule has 8 nitrogen and oxygen atoms in total. The fourth-order valence-corrected chi connectivity index (χ4v) is 5.34. The molecule has 0 amide bonds. The van der Waals surface area contributed by atoms with E-state index in [1.54, 1.807) is 95.2 Å². The van der Waals surface area contributed by atoms with E-state index in [0.29, 0.717) is 46.3 Å². The second-order valence-corrected chi connectivity index (χ2v) is 9.36. The van der Waals surface area contributed by atoms with E-state index in [-0.39, 0.29) is 4.90 Å². The van der Waals surface area contributed by atoms with E-state index >= 15 is 0 Å². The van der Waals surface area contributed by atoms with Gasteiger partial charge in [-0.25, -0.2) is 0 Å². The lowest BCUT2D eigenvalue weighted by atomic mass is 9.98. The Bertz CT molecular complexity index is 1290. The van der Waals surface area contributed by atoms with Gasteiger partial charge in [-0.2, -0.15) is 17.9 Å². The normalized spacial score (nSPS) is 15.6. The molecule has 9 heteroatoms. The van der Waals surface area contributed by atoms with Crippen LogP contribution in [-0.4, -0.2) is 47.0 Å². The Kier molecular flexibility index (Phi) is 6.65. The number of benzene rings is 3. The predicted molar refractivity (Wildman–Crippen MR) is 128 cm³/mol. The molecule has 4 rings (SSSR count). The predicted octanol–water partition coefficient (Wildman–Crippen LogP) is 4.26. The van der Waals surface area contributed by atoms with Crippen LogP contribution in [0.1, 0.15) is 23.6 Å². The summed E-state index contributed by atoms with van der Waals surface area (Å²) in [4.78, 5) is 0.148. The summed E-state index contributed by atoms with van der Waals surface area (Å²) in [6, 6.07) is 18.3. The first-order valence-corrected chi connectivity index (χ1v) is 12.0. The molecule has 0 saturated carbocycles. The number of ether oxygens (including phenoxy) is 4. The maximum atomic E-state index is 13.7. The van der Waals surface area contributed by atoms with Gasteiger partial charge in [0.15, 0.2) is 0 Å². The van der Waals surface area contributed by atoms with E-state index in [9.17, 15) is 8.42 Å². The van der Waals surface area contributed by atoms with Crippen LogP contribution in [0.2, 0.25) is 0 Å². The van der Waals surface area contributed by atoms with Crippen LogP contribution in [0, 0.1) is 0 Å². The SMILES string of the molecule is COc1cc(OC)cc(C2=NN(S(=O)(=O)c3ccccc3)[C@@H](c3cc(OC)ccc3OC)C2)c1. The van der Waals surface area contributed by atoms with Crippen LogP contribution in [0.4, 0.5) is 0 Å². The quantitative estimate of drug-likeness (QED) is 0.477. The molecule has 0 spiro atoms. The first kappa shape index (κ1) is 23.4. The minimum Gasteiger partial charge on any atom is -0.497 e. The largest absolute Gasteiger partial charge is 0.497 e. The van der Waals surface area contributed by atoms with Crippen LogP contribution in [0.15, 0.2) is 76.7 Å². The highest BCUT2D eigenvalue weighted by atomic mass is 32.2. The van der Waals surface area contributed by atoms with E-state index < -0.39 is 16.1 Å². The smallest absolute Gasteiger partial charge is 0.279 e. The standard InChI is InChI=1S/C25H26N2O6S/c1-30-18-10-11-25(33-4)22(15-18)24-16-23(17-12-19(31-2)14-20(13-17)32-3)26-27(24)34(28,29)21-8-6-5-7-9-21/h5-15,24H,16H2,1-4H3/t24-/m1/s1. The summed E-state index contributed by atoms with van der Waals surface area (Å²) < 4.78 is 50.3. The molecule has 0 N–H and O–H groups in total. The second-order valence-electron chi connectivity index (χ2n) is 7.57. The van der Waals surface area contributed by atoms with E-state index in [2.05, 4.69) is 5.10 Å². The van der Waals surface area contributed by atoms with Crippen molar-refractivity contribution < 1.29 is 27.4 Å². The summed E-state index contributed by atoms with van der Waals surface area (Å²) >= 11 is 0. The first-order chi connectivity index (χ1) is 16.4. The molecule has 0 radical (unpaired) electrons. The minimum absolute atomic E-state index is 0.148. The topological polar surface area (TPSA) is 86.7 Å². The zero-order chi connectivity index (χ0) is 24.3. The minimum atomic E-state index is -3.97. The first-order valence-electron chi connectivity index (χ1n) is 10.5. The zero-order valence-corrected chi connectivity index (χ0v) is 20.2. The molecule has 1 aliphatic heterocycles. The van der Waals surface area contributed by atoms with Gasteiger partial charge in [-0.05, 0) is 42.5 Å². The van der Waals surface area contributed by atoms with Crippen molar-refractivity contribution in [3.63, 3.8) is 0 Å². The van der Waals surface area contributed by atoms with Crippen LogP contribution < -0.4 is 18.9 Å². The highest BCUT2D eigenvalue weighted by Gasteiger charge is 2.39. The van der Waals surface area contributed by atoms with Gasteiger partial charge in [0.25, 0.3) is 10.0 Å². The third-order valence-electron chi connectivity index (χ3n) is 5.64. The van der Waals surface area contributed by atoms with Gasteiger partial charge in [0.05, 0.1) is 45.1 Å². The van der Waals surface area contributed by atoms with Gasteiger partial charge in [0, 0.05) is 23.6 Å². The molecule has 34 heavy (non-hydrogen) atoms. The number of methoxy groups -OCH3 is 4. The van der Waals surface area contributed by atoms with E-state index in [1.165, 1.54) is 0 Å². The Morgan fingerprint density at radius 2 is 1.44 bits per heavy atom. The van der Waals surface area contributed by atoms with Gasteiger partial charge in [-0.15, -0.1) is 0 Å². The number of hydrazone groups is 1. The Morgan fingerprint density at radius 3 is 2.03 bits per heavy atom. The van der Waals surface area contributed by atoms with Crippen molar-refractivity contribution in [3.05, 3.63) is 77.9 Å². The molecule has 1 heterocycles. The lowest BCUT2D eigenvalue weighted by Crippen LogP contribution is -2.27. The molecule has 0 saturated heterocycles. The van der Waals surface area contributed by atoms with Gasteiger partial charge < -0.3 is 18.9 Å². The lowest BCUT2D eigenvalue weighted by Gasteiger charge is -2.25. The molecule has 0 aromatic heterocycles. The Balaban J connectivity index is 1.88.